The number of guanidine groups is 1. The van der Waals surface area contributed by atoms with Gasteiger partial charge in [-0.15, -0.1) is 35.3 Å². The van der Waals surface area contributed by atoms with Crippen LogP contribution in [0.25, 0.3) is 0 Å². The second kappa shape index (κ2) is 13.1. The minimum Gasteiger partial charge on any atom is -0.359 e. The van der Waals surface area contributed by atoms with Gasteiger partial charge in [-0.3, -0.25) is 0 Å². The Morgan fingerprint density at radius 3 is 2.57 bits per heavy atom. The molecule has 0 spiro atoms. The van der Waals surface area contributed by atoms with Crippen molar-refractivity contribution in [2.75, 3.05) is 13.1 Å². The average Bonchev–Trinajstić information content (AvgIpc) is 3.27. The molecule has 0 saturated carbocycles. The average molecular weight is 519 g/mol. The van der Waals surface area contributed by atoms with Crippen LogP contribution in [0.2, 0.25) is 0 Å². The summed E-state index contributed by atoms with van der Waals surface area (Å²) in [5.74, 6) is 2.06. The first-order chi connectivity index (χ1) is 13.1. The Hall–Kier alpha value is -1.16. The van der Waals surface area contributed by atoms with Gasteiger partial charge in [-0.2, -0.15) is 0 Å². The molecular weight excluding hydrogens is 485 g/mol. The standard InChI is InChI=1S/C20H33N5OS.HI/c1-6-15(7-2)18-12-16(26-25-18)13-23-20(21-9-4)22-11-10-19-24-17(8-3)14(5)27-19;/h12,15H,6-11,13H2,1-5H3,(H2,21,22,23);1H. The molecule has 28 heavy (non-hydrogen) atoms. The third-order valence-corrected chi connectivity index (χ3v) is 5.69. The van der Waals surface area contributed by atoms with Crippen molar-refractivity contribution in [2.45, 2.75) is 72.8 Å². The lowest BCUT2D eigenvalue weighted by Gasteiger charge is -2.10. The fraction of sp³-hybridized carbons (Fsp3) is 0.650. The highest BCUT2D eigenvalue weighted by Gasteiger charge is 2.13. The van der Waals surface area contributed by atoms with Crippen LogP contribution in [0.5, 0.6) is 0 Å². The van der Waals surface area contributed by atoms with E-state index in [4.69, 9.17) is 9.51 Å². The van der Waals surface area contributed by atoms with Gasteiger partial charge in [0.2, 0.25) is 0 Å². The molecule has 2 rings (SSSR count). The van der Waals surface area contributed by atoms with Crippen LogP contribution in [-0.2, 0) is 19.4 Å². The zero-order valence-electron chi connectivity index (χ0n) is 17.7. The first-order valence-corrected chi connectivity index (χ1v) is 10.9. The van der Waals surface area contributed by atoms with E-state index in [9.17, 15) is 0 Å². The van der Waals surface area contributed by atoms with Crippen LogP contribution in [0.15, 0.2) is 15.6 Å². The van der Waals surface area contributed by atoms with Crippen LogP contribution in [-0.4, -0.2) is 29.2 Å². The Kier molecular flexibility index (Phi) is 11.7. The van der Waals surface area contributed by atoms with Gasteiger partial charge in [0.1, 0.15) is 6.54 Å². The van der Waals surface area contributed by atoms with E-state index in [2.05, 4.69) is 55.4 Å². The lowest BCUT2D eigenvalue weighted by molar-refractivity contribution is 0.372. The third-order valence-electron chi connectivity index (χ3n) is 4.62. The molecule has 0 aromatic carbocycles. The molecule has 2 heterocycles. The number of rotatable bonds is 10. The summed E-state index contributed by atoms with van der Waals surface area (Å²) in [6.07, 6.45) is 4.05. The molecule has 6 nitrogen and oxygen atoms in total. The van der Waals surface area contributed by atoms with Crippen molar-refractivity contribution in [1.82, 2.24) is 20.8 Å². The van der Waals surface area contributed by atoms with Crippen LogP contribution in [0.4, 0.5) is 0 Å². The third kappa shape index (κ3) is 7.35. The van der Waals surface area contributed by atoms with E-state index in [1.165, 1.54) is 15.6 Å². The number of hydrogen-bond acceptors (Lipinski definition) is 5. The fourth-order valence-electron chi connectivity index (χ4n) is 3.01. The molecule has 0 bridgehead atoms. The molecule has 0 amide bonds. The minimum atomic E-state index is 0. The molecular formula is C20H34IN5OS. The van der Waals surface area contributed by atoms with E-state index in [1.807, 2.05) is 6.07 Å². The Labute approximate surface area is 190 Å². The van der Waals surface area contributed by atoms with Crippen molar-refractivity contribution < 1.29 is 4.52 Å². The van der Waals surface area contributed by atoms with Crippen molar-refractivity contribution in [2.24, 2.45) is 4.99 Å². The van der Waals surface area contributed by atoms with Gasteiger partial charge in [-0.1, -0.05) is 25.9 Å². The van der Waals surface area contributed by atoms with Crippen LogP contribution in [0, 0.1) is 6.92 Å². The molecule has 0 fully saturated rings. The number of hydrogen-bond donors (Lipinski definition) is 2. The first-order valence-electron chi connectivity index (χ1n) is 10.0. The smallest absolute Gasteiger partial charge is 0.191 e. The van der Waals surface area contributed by atoms with Crippen molar-refractivity contribution in [1.29, 1.82) is 0 Å². The summed E-state index contributed by atoms with van der Waals surface area (Å²) in [4.78, 5) is 10.6. The molecule has 8 heteroatoms. The van der Waals surface area contributed by atoms with Gasteiger partial charge < -0.3 is 15.2 Å². The number of nitrogens with one attached hydrogen (secondary N) is 2. The lowest BCUT2D eigenvalue weighted by atomic mass is 9.99. The van der Waals surface area contributed by atoms with E-state index >= 15 is 0 Å². The number of aliphatic imine (C=N–C) groups is 1. The molecule has 0 aliphatic carbocycles. The second-order valence-electron chi connectivity index (χ2n) is 6.57. The molecule has 2 aromatic rings. The lowest BCUT2D eigenvalue weighted by Crippen LogP contribution is -2.38. The van der Waals surface area contributed by atoms with Crippen molar-refractivity contribution in [3.05, 3.63) is 33.1 Å². The van der Waals surface area contributed by atoms with Gasteiger partial charge in [0, 0.05) is 36.4 Å². The summed E-state index contributed by atoms with van der Waals surface area (Å²) in [6, 6.07) is 2.04. The molecule has 158 valence electrons. The number of thiazole rings is 1. The molecule has 0 saturated heterocycles. The Bertz CT molecular complexity index is 724. The molecule has 2 N–H and O–H groups in total. The minimum absolute atomic E-state index is 0. The zero-order valence-corrected chi connectivity index (χ0v) is 20.8. The van der Waals surface area contributed by atoms with E-state index < -0.39 is 0 Å². The van der Waals surface area contributed by atoms with Crippen LogP contribution in [0.3, 0.4) is 0 Å². The maximum Gasteiger partial charge on any atom is 0.191 e. The first kappa shape index (κ1) is 24.9. The molecule has 0 aliphatic heterocycles. The fourth-order valence-corrected chi connectivity index (χ4v) is 4.03. The number of aryl methyl sites for hydroxylation is 2. The predicted octanol–water partition coefficient (Wildman–Crippen LogP) is 4.82. The summed E-state index contributed by atoms with van der Waals surface area (Å²) in [7, 11) is 0. The molecule has 0 atom stereocenters. The highest BCUT2D eigenvalue weighted by molar-refractivity contribution is 14.0. The zero-order chi connectivity index (χ0) is 19.6. The van der Waals surface area contributed by atoms with E-state index in [0.29, 0.717) is 12.5 Å². The van der Waals surface area contributed by atoms with Crippen LogP contribution >= 0.6 is 35.3 Å². The topological polar surface area (TPSA) is 75.3 Å². The second-order valence-corrected chi connectivity index (χ2v) is 7.86. The van der Waals surface area contributed by atoms with E-state index in [-0.39, 0.29) is 24.0 Å². The Balaban J connectivity index is 0.00000392. The van der Waals surface area contributed by atoms with Crippen molar-refractivity contribution >= 4 is 41.3 Å². The van der Waals surface area contributed by atoms with Gasteiger partial charge in [0.15, 0.2) is 11.7 Å². The summed E-state index contributed by atoms with van der Waals surface area (Å²) in [5, 5.41) is 12.0. The monoisotopic (exact) mass is 519 g/mol. The molecule has 0 aliphatic rings. The van der Waals surface area contributed by atoms with Gasteiger partial charge in [-0.25, -0.2) is 9.98 Å². The maximum atomic E-state index is 5.46. The van der Waals surface area contributed by atoms with Crippen LogP contribution < -0.4 is 10.6 Å². The largest absolute Gasteiger partial charge is 0.359 e. The Morgan fingerprint density at radius 1 is 1.21 bits per heavy atom. The number of aromatic nitrogens is 2. The predicted molar refractivity (Wildman–Crippen MR) is 128 cm³/mol. The number of nitrogens with zero attached hydrogens (tertiary/aromatic N) is 3. The highest BCUT2D eigenvalue weighted by atomic mass is 127. The molecule has 0 radical (unpaired) electrons. The SMILES string of the molecule is CCNC(=NCc1cc(C(CC)CC)no1)NCCc1nc(CC)c(C)s1.I. The van der Waals surface area contributed by atoms with E-state index in [1.54, 1.807) is 11.3 Å². The van der Waals surface area contributed by atoms with Gasteiger partial charge in [0.25, 0.3) is 0 Å². The summed E-state index contributed by atoms with van der Waals surface area (Å²) in [6.45, 7) is 12.8. The van der Waals surface area contributed by atoms with Crippen molar-refractivity contribution in [3.8, 4) is 0 Å². The van der Waals surface area contributed by atoms with Gasteiger partial charge in [-0.05, 0) is 33.1 Å². The van der Waals surface area contributed by atoms with Gasteiger partial charge >= 0.3 is 0 Å². The molecule has 2 aromatic heterocycles. The maximum absolute atomic E-state index is 5.46. The summed E-state index contributed by atoms with van der Waals surface area (Å²) >= 11 is 1.79. The summed E-state index contributed by atoms with van der Waals surface area (Å²) in [5.41, 5.74) is 2.25. The number of halogens is 1. The van der Waals surface area contributed by atoms with Crippen molar-refractivity contribution in [3.63, 3.8) is 0 Å². The van der Waals surface area contributed by atoms with Gasteiger partial charge in [0.05, 0.1) is 16.4 Å². The quantitative estimate of drug-likeness (QED) is 0.268. The summed E-state index contributed by atoms with van der Waals surface area (Å²) < 4.78 is 5.46. The van der Waals surface area contributed by atoms with Crippen LogP contribution in [0.1, 0.15) is 73.5 Å². The normalized spacial score (nSPS) is 11.6. The molecule has 0 unspecified atom stereocenters. The Morgan fingerprint density at radius 2 is 1.96 bits per heavy atom. The highest BCUT2D eigenvalue weighted by Crippen LogP contribution is 2.22. The van der Waals surface area contributed by atoms with E-state index in [0.717, 1.165) is 56.2 Å².